The van der Waals surface area contributed by atoms with Crippen molar-refractivity contribution >= 4 is 16.6 Å². The van der Waals surface area contributed by atoms with Gasteiger partial charge >= 0.3 is 0 Å². The van der Waals surface area contributed by atoms with Crippen LogP contribution >= 0.6 is 0 Å². The van der Waals surface area contributed by atoms with Crippen molar-refractivity contribution in [2.24, 2.45) is 0 Å². The highest BCUT2D eigenvalue weighted by molar-refractivity contribution is 5.90. The maximum atomic E-state index is 4.39. The Morgan fingerprint density at radius 1 is 0.952 bits per heavy atom. The molecular weight excluding hydrogens is 256 g/mol. The number of fused-ring (bicyclic) bond motifs is 1. The average molecular weight is 276 g/mol. The Morgan fingerprint density at radius 3 is 2.57 bits per heavy atom. The van der Waals surface area contributed by atoms with E-state index in [0.717, 1.165) is 18.5 Å². The van der Waals surface area contributed by atoms with E-state index < -0.39 is 0 Å². The molecule has 2 nitrogen and oxygen atoms in total. The van der Waals surface area contributed by atoms with Gasteiger partial charge in [-0.3, -0.25) is 4.98 Å². The fourth-order valence-electron chi connectivity index (χ4n) is 2.62. The molecule has 2 aromatic carbocycles. The molecule has 1 N–H and O–H groups in total. The summed E-state index contributed by atoms with van der Waals surface area (Å²) in [6.07, 6.45) is 2.98. The molecule has 0 radical (unpaired) electrons. The highest BCUT2D eigenvalue weighted by Gasteiger charge is 2.05. The third kappa shape index (κ3) is 3.22. The van der Waals surface area contributed by atoms with Crippen molar-refractivity contribution in [1.82, 2.24) is 4.98 Å². The number of para-hydroxylation sites is 1. The first-order chi connectivity index (χ1) is 10.3. The molecule has 3 rings (SSSR count). The Balaban J connectivity index is 1.65. The lowest BCUT2D eigenvalue weighted by molar-refractivity contribution is 0.706. The van der Waals surface area contributed by atoms with Gasteiger partial charge in [0, 0.05) is 23.8 Å². The minimum absolute atomic E-state index is 0.562. The summed E-state index contributed by atoms with van der Waals surface area (Å²) in [5, 5.41) is 4.74. The van der Waals surface area contributed by atoms with Crippen molar-refractivity contribution in [3.63, 3.8) is 0 Å². The number of benzene rings is 2. The summed E-state index contributed by atoms with van der Waals surface area (Å²) in [4.78, 5) is 4.39. The molecule has 1 atom stereocenters. The molecule has 0 spiro atoms. The molecule has 0 saturated heterocycles. The normalized spacial score (nSPS) is 12.2. The van der Waals surface area contributed by atoms with Crippen molar-refractivity contribution in [2.45, 2.75) is 19.3 Å². The van der Waals surface area contributed by atoms with E-state index in [-0.39, 0.29) is 0 Å². The minimum atomic E-state index is 0.562. The molecule has 0 aliphatic heterocycles. The molecule has 0 aliphatic carbocycles. The van der Waals surface area contributed by atoms with Crippen LogP contribution in [0.4, 0.5) is 5.69 Å². The maximum Gasteiger partial charge on any atom is 0.0722 e. The van der Waals surface area contributed by atoms with E-state index in [9.17, 15) is 0 Å². The van der Waals surface area contributed by atoms with Gasteiger partial charge < -0.3 is 5.32 Å². The van der Waals surface area contributed by atoms with Gasteiger partial charge in [-0.1, -0.05) is 55.5 Å². The second-order valence-corrected chi connectivity index (χ2v) is 5.40. The second-order valence-electron chi connectivity index (χ2n) is 5.40. The van der Waals surface area contributed by atoms with Crippen LogP contribution < -0.4 is 5.32 Å². The number of pyridine rings is 1. The lowest BCUT2D eigenvalue weighted by atomic mass is 9.98. The predicted octanol–water partition coefficient (Wildman–Crippen LogP) is 4.84. The van der Waals surface area contributed by atoms with Crippen LogP contribution in [-0.4, -0.2) is 11.5 Å². The predicted molar refractivity (Wildman–Crippen MR) is 89.7 cm³/mol. The zero-order chi connectivity index (χ0) is 14.5. The van der Waals surface area contributed by atoms with Gasteiger partial charge in [0.25, 0.3) is 0 Å². The SMILES string of the molecule is CC(CCNc1ccnc2ccccc12)c1ccccc1. The van der Waals surface area contributed by atoms with Gasteiger partial charge in [-0.2, -0.15) is 0 Å². The summed E-state index contributed by atoms with van der Waals surface area (Å²) in [5.74, 6) is 0.562. The van der Waals surface area contributed by atoms with Crippen molar-refractivity contribution in [3.05, 3.63) is 72.4 Å². The van der Waals surface area contributed by atoms with E-state index in [1.165, 1.54) is 16.6 Å². The van der Waals surface area contributed by atoms with Crippen LogP contribution in [0.5, 0.6) is 0 Å². The number of hydrogen-bond donors (Lipinski definition) is 1. The highest BCUT2D eigenvalue weighted by atomic mass is 14.9. The van der Waals surface area contributed by atoms with Gasteiger partial charge in [0.1, 0.15) is 0 Å². The quantitative estimate of drug-likeness (QED) is 0.721. The first kappa shape index (κ1) is 13.6. The van der Waals surface area contributed by atoms with E-state index >= 15 is 0 Å². The summed E-state index contributed by atoms with van der Waals surface area (Å²) in [6.45, 7) is 3.24. The fourth-order valence-corrected chi connectivity index (χ4v) is 2.62. The van der Waals surface area contributed by atoms with Crippen LogP contribution in [0.1, 0.15) is 24.8 Å². The van der Waals surface area contributed by atoms with Crippen LogP contribution in [0.15, 0.2) is 66.9 Å². The fraction of sp³-hybridized carbons (Fsp3) is 0.211. The van der Waals surface area contributed by atoms with Gasteiger partial charge in [0.15, 0.2) is 0 Å². The molecule has 0 bridgehead atoms. The topological polar surface area (TPSA) is 24.9 Å². The number of hydrogen-bond acceptors (Lipinski definition) is 2. The maximum absolute atomic E-state index is 4.39. The van der Waals surface area contributed by atoms with Crippen molar-refractivity contribution in [1.29, 1.82) is 0 Å². The summed E-state index contributed by atoms with van der Waals surface area (Å²) in [7, 11) is 0. The molecule has 2 heteroatoms. The van der Waals surface area contributed by atoms with E-state index in [1.807, 2.05) is 18.3 Å². The molecule has 21 heavy (non-hydrogen) atoms. The lowest BCUT2D eigenvalue weighted by Gasteiger charge is -2.14. The molecule has 1 heterocycles. The van der Waals surface area contributed by atoms with Crippen molar-refractivity contribution < 1.29 is 0 Å². The first-order valence-electron chi connectivity index (χ1n) is 7.47. The van der Waals surface area contributed by atoms with Crippen molar-refractivity contribution in [2.75, 3.05) is 11.9 Å². The Morgan fingerprint density at radius 2 is 1.71 bits per heavy atom. The van der Waals surface area contributed by atoms with Gasteiger partial charge in [-0.05, 0) is 30.0 Å². The van der Waals surface area contributed by atoms with Gasteiger partial charge in [-0.25, -0.2) is 0 Å². The van der Waals surface area contributed by atoms with Crippen LogP contribution in [0.3, 0.4) is 0 Å². The number of rotatable bonds is 5. The molecule has 106 valence electrons. The molecule has 0 amide bonds. The van der Waals surface area contributed by atoms with E-state index in [0.29, 0.717) is 5.92 Å². The van der Waals surface area contributed by atoms with Crippen molar-refractivity contribution in [3.8, 4) is 0 Å². The Bertz CT molecular complexity index is 702. The largest absolute Gasteiger partial charge is 0.384 e. The first-order valence-corrected chi connectivity index (χ1v) is 7.47. The van der Waals surface area contributed by atoms with E-state index in [2.05, 4.69) is 65.8 Å². The molecule has 0 saturated carbocycles. The van der Waals surface area contributed by atoms with Gasteiger partial charge in [0.05, 0.1) is 5.52 Å². The second kappa shape index (κ2) is 6.40. The van der Waals surface area contributed by atoms with E-state index in [4.69, 9.17) is 0 Å². The van der Waals surface area contributed by atoms with Crippen LogP contribution in [0, 0.1) is 0 Å². The zero-order valence-electron chi connectivity index (χ0n) is 12.3. The summed E-state index contributed by atoms with van der Waals surface area (Å²) < 4.78 is 0. The standard InChI is InChI=1S/C19H20N2/c1-15(16-7-3-2-4-8-16)11-13-20-19-12-14-21-18-10-6-5-9-17(18)19/h2-10,12,14-15H,11,13H2,1H3,(H,20,21). The smallest absolute Gasteiger partial charge is 0.0722 e. The van der Waals surface area contributed by atoms with Crippen LogP contribution in [0.2, 0.25) is 0 Å². The lowest BCUT2D eigenvalue weighted by Crippen LogP contribution is -2.06. The summed E-state index contributed by atoms with van der Waals surface area (Å²) in [5.41, 5.74) is 3.61. The van der Waals surface area contributed by atoms with Crippen LogP contribution in [-0.2, 0) is 0 Å². The third-order valence-electron chi connectivity index (χ3n) is 3.91. The summed E-state index contributed by atoms with van der Waals surface area (Å²) >= 11 is 0. The minimum Gasteiger partial charge on any atom is -0.384 e. The van der Waals surface area contributed by atoms with E-state index in [1.54, 1.807) is 0 Å². The molecule has 3 aromatic rings. The number of nitrogens with one attached hydrogen (secondary N) is 1. The molecule has 1 aromatic heterocycles. The van der Waals surface area contributed by atoms with Gasteiger partial charge in [-0.15, -0.1) is 0 Å². The number of nitrogens with zero attached hydrogens (tertiary/aromatic N) is 1. The Kier molecular flexibility index (Phi) is 4.15. The number of anilines is 1. The zero-order valence-corrected chi connectivity index (χ0v) is 12.3. The third-order valence-corrected chi connectivity index (χ3v) is 3.91. The Hall–Kier alpha value is -2.35. The average Bonchev–Trinajstić information content (AvgIpc) is 2.56. The monoisotopic (exact) mass is 276 g/mol. The van der Waals surface area contributed by atoms with Gasteiger partial charge in [0.2, 0.25) is 0 Å². The summed E-state index contributed by atoms with van der Waals surface area (Å²) in [6, 6.07) is 21.0. The number of aromatic nitrogens is 1. The molecule has 1 unspecified atom stereocenters. The molecular formula is C19H20N2. The molecule has 0 fully saturated rings. The highest BCUT2D eigenvalue weighted by Crippen LogP contribution is 2.22. The molecule has 0 aliphatic rings. The van der Waals surface area contributed by atoms with Crippen LogP contribution in [0.25, 0.3) is 10.9 Å². The Labute approximate surface area is 125 Å².